The Balaban J connectivity index is 2.33. The number of hydrogen-bond acceptors (Lipinski definition) is 3. The van der Waals surface area contributed by atoms with Crippen LogP contribution in [-0.4, -0.2) is 24.0 Å². The summed E-state index contributed by atoms with van der Waals surface area (Å²) in [5.41, 5.74) is 2.48. The molecule has 1 aromatic carbocycles. The zero-order chi connectivity index (χ0) is 13.1. The molecule has 1 aromatic heterocycles. The van der Waals surface area contributed by atoms with Gasteiger partial charge in [-0.2, -0.15) is 0 Å². The molecular weight excluding hydrogens is 271 g/mol. The first kappa shape index (κ1) is 13.5. The molecule has 18 heavy (non-hydrogen) atoms. The molecule has 0 spiro atoms. The van der Waals surface area contributed by atoms with E-state index in [-0.39, 0.29) is 5.82 Å². The van der Waals surface area contributed by atoms with E-state index in [0.717, 1.165) is 16.3 Å². The van der Waals surface area contributed by atoms with Gasteiger partial charge >= 0.3 is 0 Å². The van der Waals surface area contributed by atoms with Gasteiger partial charge in [0.1, 0.15) is 10.8 Å². The number of halogens is 2. The van der Waals surface area contributed by atoms with Crippen molar-refractivity contribution in [1.29, 1.82) is 0 Å². The number of aromatic nitrogens is 1. The van der Waals surface area contributed by atoms with Gasteiger partial charge in [0.05, 0.1) is 11.6 Å². The zero-order valence-corrected chi connectivity index (χ0v) is 11.9. The summed E-state index contributed by atoms with van der Waals surface area (Å²) >= 11 is 7.26. The highest BCUT2D eigenvalue weighted by molar-refractivity contribution is 7.13. The topological polar surface area (TPSA) is 16.1 Å². The van der Waals surface area contributed by atoms with Crippen LogP contribution in [-0.2, 0) is 12.4 Å². The number of thiazole rings is 1. The lowest BCUT2D eigenvalue weighted by Gasteiger charge is -2.11. The van der Waals surface area contributed by atoms with Gasteiger partial charge < -0.3 is 4.90 Å². The Morgan fingerprint density at radius 1 is 1.39 bits per heavy atom. The highest BCUT2D eigenvalue weighted by atomic mass is 35.5. The molecule has 2 nitrogen and oxygen atoms in total. The van der Waals surface area contributed by atoms with Crippen molar-refractivity contribution in [1.82, 2.24) is 9.88 Å². The molecule has 0 unspecified atom stereocenters. The Bertz CT molecular complexity index is 540. The number of hydrogen-bond donors (Lipinski definition) is 0. The van der Waals surface area contributed by atoms with Crippen LogP contribution in [0.25, 0.3) is 10.6 Å². The van der Waals surface area contributed by atoms with Crippen molar-refractivity contribution in [2.75, 3.05) is 14.1 Å². The lowest BCUT2D eigenvalue weighted by atomic mass is 10.1. The average molecular weight is 285 g/mol. The molecule has 2 rings (SSSR count). The van der Waals surface area contributed by atoms with Gasteiger partial charge in [0.2, 0.25) is 0 Å². The van der Waals surface area contributed by atoms with Crippen molar-refractivity contribution in [3.8, 4) is 10.6 Å². The second-order valence-electron chi connectivity index (χ2n) is 4.32. The number of nitrogens with zero attached hydrogens (tertiary/aromatic N) is 2. The van der Waals surface area contributed by atoms with Crippen molar-refractivity contribution in [3.05, 3.63) is 40.7 Å². The summed E-state index contributed by atoms with van der Waals surface area (Å²) in [6.07, 6.45) is 0. The maximum atomic E-state index is 13.7. The molecule has 0 N–H and O–H groups in total. The van der Waals surface area contributed by atoms with E-state index in [0.29, 0.717) is 18.0 Å². The van der Waals surface area contributed by atoms with Crippen LogP contribution in [0.2, 0.25) is 0 Å². The third-order valence-corrected chi connectivity index (χ3v) is 3.68. The molecule has 0 atom stereocenters. The highest BCUT2D eigenvalue weighted by Crippen LogP contribution is 2.26. The summed E-state index contributed by atoms with van der Waals surface area (Å²) < 4.78 is 13.7. The third-order valence-electron chi connectivity index (χ3n) is 2.47. The molecule has 0 aliphatic rings. The Hall–Kier alpha value is -0.970. The molecule has 0 bridgehead atoms. The monoisotopic (exact) mass is 284 g/mol. The van der Waals surface area contributed by atoms with Gasteiger partial charge in [0.15, 0.2) is 0 Å². The molecule has 0 amide bonds. The van der Waals surface area contributed by atoms with Gasteiger partial charge in [-0.1, -0.05) is 0 Å². The van der Waals surface area contributed by atoms with Crippen LogP contribution >= 0.6 is 22.9 Å². The summed E-state index contributed by atoms with van der Waals surface area (Å²) in [6.45, 7) is 0.577. The standard InChI is InChI=1S/C13H14ClFN2S/c1-17(2)7-10-5-9(3-4-12(10)15)13-16-11(6-14)8-18-13/h3-5,8H,6-7H2,1-2H3. The number of alkyl halides is 1. The molecule has 1 heterocycles. The van der Waals surface area contributed by atoms with Gasteiger partial charge in [-0.05, 0) is 32.3 Å². The summed E-state index contributed by atoms with van der Waals surface area (Å²) in [5.74, 6) is 0.226. The van der Waals surface area contributed by atoms with Crippen LogP contribution in [0.1, 0.15) is 11.3 Å². The van der Waals surface area contributed by atoms with Crippen LogP contribution < -0.4 is 0 Å². The lowest BCUT2D eigenvalue weighted by Crippen LogP contribution is -2.11. The maximum absolute atomic E-state index is 13.7. The lowest BCUT2D eigenvalue weighted by molar-refractivity contribution is 0.392. The number of rotatable bonds is 4. The van der Waals surface area contributed by atoms with Crippen LogP contribution in [0.5, 0.6) is 0 Å². The minimum Gasteiger partial charge on any atom is -0.305 e. The third kappa shape index (κ3) is 3.07. The summed E-state index contributed by atoms with van der Waals surface area (Å²) in [6, 6.07) is 5.10. The molecule has 0 saturated heterocycles. The minimum atomic E-state index is -0.179. The van der Waals surface area contributed by atoms with Crippen LogP contribution in [0, 0.1) is 5.82 Å². The first-order chi connectivity index (χ1) is 8.60. The molecule has 0 aliphatic heterocycles. The maximum Gasteiger partial charge on any atom is 0.127 e. The van der Waals surface area contributed by atoms with E-state index in [2.05, 4.69) is 4.98 Å². The van der Waals surface area contributed by atoms with E-state index in [4.69, 9.17) is 11.6 Å². The summed E-state index contributed by atoms with van der Waals surface area (Å²) in [5, 5.41) is 2.81. The first-order valence-electron chi connectivity index (χ1n) is 5.54. The predicted octanol–water partition coefficient (Wildman–Crippen LogP) is 3.75. The first-order valence-corrected chi connectivity index (χ1v) is 6.95. The summed E-state index contributed by atoms with van der Waals surface area (Å²) in [4.78, 5) is 6.34. The summed E-state index contributed by atoms with van der Waals surface area (Å²) in [7, 11) is 3.84. The number of benzene rings is 1. The van der Waals surface area contributed by atoms with Crippen LogP contribution in [0.3, 0.4) is 0 Å². The molecule has 0 radical (unpaired) electrons. The Labute approximate surface area is 115 Å². The Morgan fingerprint density at radius 3 is 2.78 bits per heavy atom. The van der Waals surface area contributed by atoms with Crippen molar-refractivity contribution in [2.45, 2.75) is 12.4 Å². The average Bonchev–Trinajstić information content (AvgIpc) is 2.80. The van der Waals surface area contributed by atoms with E-state index in [1.807, 2.05) is 30.4 Å². The fraction of sp³-hybridized carbons (Fsp3) is 0.308. The minimum absolute atomic E-state index is 0.179. The molecule has 2 aromatic rings. The zero-order valence-electron chi connectivity index (χ0n) is 10.3. The smallest absolute Gasteiger partial charge is 0.127 e. The molecule has 96 valence electrons. The quantitative estimate of drug-likeness (QED) is 0.795. The van der Waals surface area contributed by atoms with E-state index < -0.39 is 0 Å². The van der Waals surface area contributed by atoms with Crippen molar-refractivity contribution < 1.29 is 4.39 Å². The Morgan fingerprint density at radius 2 is 2.17 bits per heavy atom. The second-order valence-corrected chi connectivity index (χ2v) is 5.45. The largest absolute Gasteiger partial charge is 0.305 e. The fourth-order valence-corrected chi connectivity index (χ4v) is 2.72. The predicted molar refractivity (Wildman–Crippen MR) is 74.5 cm³/mol. The molecule has 5 heteroatoms. The van der Waals surface area contributed by atoms with Gasteiger partial charge in [-0.25, -0.2) is 9.37 Å². The molecular formula is C13H14ClFN2S. The normalized spacial score (nSPS) is 11.2. The van der Waals surface area contributed by atoms with E-state index in [1.165, 1.54) is 17.4 Å². The molecule has 0 fully saturated rings. The van der Waals surface area contributed by atoms with Gasteiger partial charge in [-0.3, -0.25) is 0 Å². The fourth-order valence-electron chi connectivity index (χ4n) is 1.67. The van der Waals surface area contributed by atoms with E-state index in [1.54, 1.807) is 6.07 Å². The molecule has 0 aliphatic carbocycles. The van der Waals surface area contributed by atoms with Gasteiger partial charge in [0, 0.05) is 23.1 Å². The van der Waals surface area contributed by atoms with Gasteiger partial charge in [0.25, 0.3) is 0 Å². The SMILES string of the molecule is CN(C)Cc1cc(-c2nc(CCl)cs2)ccc1F. The highest BCUT2D eigenvalue weighted by Gasteiger charge is 2.09. The Kier molecular flexibility index (Phi) is 4.32. The van der Waals surface area contributed by atoms with Gasteiger partial charge in [-0.15, -0.1) is 22.9 Å². The second kappa shape index (κ2) is 5.78. The van der Waals surface area contributed by atoms with Crippen LogP contribution in [0.4, 0.5) is 4.39 Å². The van der Waals surface area contributed by atoms with E-state index in [9.17, 15) is 4.39 Å². The molecule has 0 saturated carbocycles. The van der Waals surface area contributed by atoms with Crippen molar-refractivity contribution in [3.63, 3.8) is 0 Å². The van der Waals surface area contributed by atoms with Crippen LogP contribution in [0.15, 0.2) is 23.6 Å². The van der Waals surface area contributed by atoms with Crippen molar-refractivity contribution >= 4 is 22.9 Å². The van der Waals surface area contributed by atoms with Crippen molar-refractivity contribution in [2.24, 2.45) is 0 Å². The van der Waals surface area contributed by atoms with E-state index >= 15 is 0 Å².